The molecule has 1 atom stereocenters. The van der Waals surface area contributed by atoms with Gasteiger partial charge in [-0.2, -0.15) is 0 Å². The number of thiazole rings is 1. The predicted molar refractivity (Wildman–Crippen MR) is 121 cm³/mol. The normalized spacial score (nSPS) is 21.5. The van der Waals surface area contributed by atoms with Crippen molar-refractivity contribution in [2.45, 2.75) is 71.3 Å². The van der Waals surface area contributed by atoms with Crippen LogP contribution in [0.1, 0.15) is 62.3 Å². The molecule has 0 saturated heterocycles. The Balaban J connectivity index is 1.36. The Morgan fingerprint density at radius 3 is 2.60 bits per heavy atom. The van der Waals surface area contributed by atoms with E-state index < -0.39 is 0 Å². The number of anilines is 2. The third kappa shape index (κ3) is 3.66. The highest BCUT2D eigenvalue weighted by Gasteiger charge is 2.39. The summed E-state index contributed by atoms with van der Waals surface area (Å²) in [5.41, 5.74) is 4.27. The monoisotopic (exact) mass is 423 g/mol. The highest BCUT2D eigenvalue weighted by molar-refractivity contribution is 7.16. The summed E-state index contributed by atoms with van der Waals surface area (Å²) >= 11 is 1.55. The maximum Gasteiger partial charge on any atom is 0.230 e. The van der Waals surface area contributed by atoms with Gasteiger partial charge in [-0.05, 0) is 63.6 Å². The van der Waals surface area contributed by atoms with Gasteiger partial charge < -0.3 is 10.2 Å². The molecule has 6 heteroatoms. The molecule has 2 heterocycles. The maximum absolute atomic E-state index is 12.7. The average Bonchev–Trinajstić information content (AvgIpc) is 3.45. The van der Waals surface area contributed by atoms with Gasteiger partial charge in [-0.25, -0.2) is 4.98 Å². The SMILES string of the molecule is Cc1sc(NC(=O)C2CCCCC2)nc1-c1ccc2c(c1)CC(C)N2C(=O)C1CC1. The molecule has 0 radical (unpaired) electrons. The fraction of sp³-hybridized carbons (Fsp3) is 0.542. The fourth-order valence-electron chi connectivity index (χ4n) is 4.93. The lowest BCUT2D eigenvalue weighted by Gasteiger charge is -2.22. The number of nitrogens with zero attached hydrogens (tertiary/aromatic N) is 2. The van der Waals surface area contributed by atoms with Crippen molar-refractivity contribution in [1.29, 1.82) is 0 Å². The first kappa shape index (κ1) is 19.7. The summed E-state index contributed by atoms with van der Waals surface area (Å²) in [7, 11) is 0. The van der Waals surface area contributed by atoms with Crippen molar-refractivity contribution in [3.05, 3.63) is 28.6 Å². The number of nitrogens with one attached hydrogen (secondary N) is 1. The van der Waals surface area contributed by atoms with Gasteiger partial charge in [-0.1, -0.05) is 25.3 Å². The standard InChI is InChI=1S/C24H29N3O2S/c1-14-12-19-13-18(10-11-20(19)27(14)23(29)17-8-9-17)21-15(2)30-24(25-21)26-22(28)16-6-4-3-5-7-16/h10-11,13-14,16-17H,3-9,12H2,1-2H3,(H,25,26,28). The third-order valence-electron chi connectivity index (χ3n) is 6.74. The van der Waals surface area contributed by atoms with E-state index in [0.717, 1.165) is 66.8 Å². The molecule has 3 aliphatic rings. The lowest BCUT2D eigenvalue weighted by atomic mass is 9.89. The number of fused-ring (bicyclic) bond motifs is 1. The van der Waals surface area contributed by atoms with Crippen LogP contribution in [-0.4, -0.2) is 22.8 Å². The lowest BCUT2D eigenvalue weighted by molar-refractivity contribution is -0.121. The van der Waals surface area contributed by atoms with Gasteiger partial charge in [0.15, 0.2) is 5.13 Å². The second-order valence-electron chi connectivity index (χ2n) is 9.13. The van der Waals surface area contributed by atoms with Crippen LogP contribution in [0, 0.1) is 18.8 Å². The molecule has 5 nitrogen and oxygen atoms in total. The van der Waals surface area contributed by atoms with Gasteiger partial charge in [0.2, 0.25) is 11.8 Å². The maximum atomic E-state index is 12.7. The van der Waals surface area contributed by atoms with E-state index in [1.165, 1.54) is 12.0 Å². The van der Waals surface area contributed by atoms with Crippen molar-refractivity contribution in [2.75, 3.05) is 10.2 Å². The van der Waals surface area contributed by atoms with Crippen LogP contribution in [0.2, 0.25) is 0 Å². The van der Waals surface area contributed by atoms with E-state index >= 15 is 0 Å². The minimum atomic E-state index is 0.118. The summed E-state index contributed by atoms with van der Waals surface area (Å²) in [5, 5.41) is 3.75. The smallest absolute Gasteiger partial charge is 0.230 e. The molecule has 2 aliphatic carbocycles. The summed E-state index contributed by atoms with van der Waals surface area (Å²) in [6, 6.07) is 6.54. The number of benzene rings is 1. The Bertz CT molecular complexity index is 988. The average molecular weight is 424 g/mol. The second-order valence-corrected chi connectivity index (χ2v) is 10.3. The molecule has 5 rings (SSSR count). The summed E-state index contributed by atoms with van der Waals surface area (Å²) in [5.74, 6) is 0.760. The van der Waals surface area contributed by atoms with Crippen LogP contribution in [-0.2, 0) is 16.0 Å². The van der Waals surface area contributed by atoms with Crippen molar-refractivity contribution in [1.82, 2.24) is 4.98 Å². The first-order chi connectivity index (χ1) is 14.5. The van der Waals surface area contributed by atoms with E-state index in [4.69, 9.17) is 4.98 Å². The van der Waals surface area contributed by atoms with E-state index in [9.17, 15) is 9.59 Å². The van der Waals surface area contributed by atoms with Gasteiger partial charge in [0.1, 0.15) is 0 Å². The topological polar surface area (TPSA) is 62.3 Å². The summed E-state index contributed by atoms with van der Waals surface area (Å²) in [6.07, 6.45) is 8.46. The highest BCUT2D eigenvalue weighted by atomic mass is 32.1. The molecule has 0 bridgehead atoms. The van der Waals surface area contributed by atoms with Crippen molar-refractivity contribution in [2.24, 2.45) is 11.8 Å². The van der Waals surface area contributed by atoms with Crippen molar-refractivity contribution in [3.8, 4) is 11.3 Å². The zero-order chi connectivity index (χ0) is 20.8. The molecule has 0 spiro atoms. The molecule has 1 N–H and O–H groups in total. The van der Waals surface area contributed by atoms with E-state index in [1.807, 2.05) is 4.90 Å². The van der Waals surface area contributed by atoms with Crippen LogP contribution in [0.5, 0.6) is 0 Å². The predicted octanol–water partition coefficient (Wildman–Crippen LogP) is 5.32. The van der Waals surface area contributed by atoms with Crippen molar-refractivity contribution < 1.29 is 9.59 Å². The molecule has 1 aliphatic heterocycles. The largest absolute Gasteiger partial charge is 0.309 e. The van der Waals surface area contributed by atoms with Gasteiger partial charge >= 0.3 is 0 Å². The van der Waals surface area contributed by atoms with Gasteiger partial charge in [-0.15, -0.1) is 11.3 Å². The number of aryl methyl sites for hydroxylation is 1. The highest BCUT2D eigenvalue weighted by Crippen LogP contribution is 2.41. The number of hydrogen-bond acceptors (Lipinski definition) is 4. The molecule has 2 amide bonds. The zero-order valence-corrected chi connectivity index (χ0v) is 18.6. The number of rotatable bonds is 4. The minimum Gasteiger partial charge on any atom is -0.309 e. The third-order valence-corrected chi connectivity index (χ3v) is 7.62. The Morgan fingerprint density at radius 1 is 1.10 bits per heavy atom. The molecule has 2 saturated carbocycles. The van der Waals surface area contributed by atoms with Crippen LogP contribution in [0.15, 0.2) is 18.2 Å². The Kier molecular flexibility index (Phi) is 5.13. The van der Waals surface area contributed by atoms with Gasteiger partial charge in [-0.3, -0.25) is 9.59 Å². The number of amides is 2. The van der Waals surface area contributed by atoms with E-state index in [0.29, 0.717) is 5.13 Å². The van der Waals surface area contributed by atoms with E-state index in [1.54, 1.807) is 11.3 Å². The molecule has 158 valence electrons. The second kappa shape index (κ2) is 7.80. The van der Waals surface area contributed by atoms with E-state index in [2.05, 4.69) is 37.4 Å². The summed E-state index contributed by atoms with van der Waals surface area (Å²) in [4.78, 5) is 33.2. The lowest BCUT2D eigenvalue weighted by Crippen LogP contribution is -2.36. The Labute approximate surface area is 181 Å². The first-order valence-corrected chi connectivity index (χ1v) is 12.1. The van der Waals surface area contributed by atoms with Crippen molar-refractivity contribution in [3.63, 3.8) is 0 Å². The van der Waals surface area contributed by atoms with Crippen LogP contribution in [0.4, 0.5) is 10.8 Å². The molecule has 30 heavy (non-hydrogen) atoms. The zero-order valence-electron chi connectivity index (χ0n) is 17.7. The Morgan fingerprint density at radius 2 is 1.87 bits per heavy atom. The summed E-state index contributed by atoms with van der Waals surface area (Å²) < 4.78 is 0. The number of hydrogen-bond donors (Lipinski definition) is 1. The quantitative estimate of drug-likeness (QED) is 0.723. The Hall–Kier alpha value is -2.21. The van der Waals surface area contributed by atoms with Gasteiger partial charge in [0.25, 0.3) is 0 Å². The molecule has 2 aromatic rings. The van der Waals surface area contributed by atoms with Crippen molar-refractivity contribution >= 4 is 34.0 Å². The van der Waals surface area contributed by atoms with E-state index in [-0.39, 0.29) is 29.7 Å². The van der Waals surface area contributed by atoms with Crippen LogP contribution < -0.4 is 10.2 Å². The fourth-order valence-corrected chi connectivity index (χ4v) is 5.77. The number of carbonyl (C=O) groups excluding carboxylic acids is 2. The number of aromatic nitrogens is 1. The molecular formula is C24H29N3O2S. The minimum absolute atomic E-state index is 0.118. The van der Waals surface area contributed by atoms with Crippen LogP contribution >= 0.6 is 11.3 Å². The molecule has 1 unspecified atom stereocenters. The molecular weight excluding hydrogens is 394 g/mol. The summed E-state index contributed by atoms with van der Waals surface area (Å²) in [6.45, 7) is 4.19. The van der Waals surface area contributed by atoms with Gasteiger partial charge in [0, 0.05) is 34.0 Å². The number of carbonyl (C=O) groups is 2. The molecule has 1 aromatic carbocycles. The van der Waals surface area contributed by atoms with Crippen LogP contribution in [0.3, 0.4) is 0 Å². The molecule has 1 aromatic heterocycles. The molecule has 2 fully saturated rings. The van der Waals surface area contributed by atoms with Gasteiger partial charge in [0.05, 0.1) is 5.69 Å². The van der Waals surface area contributed by atoms with Crippen LogP contribution in [0.25, 0.3) is 11.3 Å². The first-order valence-electron chi connectivity index (χ1n) is 11.3.